The van der Waals surface area contributed by atoms with E-state index in [0.717, 1.165) is 5.56 Å². The average molecular weight is 670 g/mol. The van der Waals surface area contributed by atoms with Gasteiger partial charge in [-0.2, -0.15) is 0 Å². The molecule has 0 saturated carbocycles. The maximum absolute atomic E-state index is 12.7. The molecule has 12 heteroatoms. The van der Waals surface area contributed by atoms with Crippen molar-refractivity contribution < 1.29 is 38.9 Å². The number of urea groups is 1. The first-order valence-electron chi connectivity index (χ1n) is 13.6. The Bertz CT molecular complexity index is 1020. The summed E-state index contributed by atoms with van der Waals surface area (Å²) in [5.41, 5.74) is 0.315. The minimum atomic E-state index is -2.09. The van der Waals surface area contributed by atoms with Crippen molar-refractivity contribution >= 4 is 51.8 Å². The van der Waals surface area contributed by atoms with Gasteiger partial charge in [0.05, 0.1) is 0 Å². The molecule has 0 aliphatic rings. The first-order chi connectivity index (χ1) is 18.5. The maximum Gasteiger partial charge on any atom is 0.326 e. The smallest absolute Gasteiger partial charge is 0.326 e. The van der Waals surface area contributed by atoms with Gasteiger partial charge in [0.2, 0.25) is 0 Å². The maximum atomic E-state index is 12.7. The number of amides is 3. The second kappa shape index (κ2) is 16.4. The van der Waals surface area contributed by atoms with E-state index >= 15 is 0 Å². The number of unbranched alkanes of at least 4 members (excludes halogenated alkanes) is 1. The van der Waals surface area contributed by atoms with E-state index in [9.17, 15) is 29.1 Å². The van der Waals surface area contributed by atoms with Gasteiger partial charge in [0.25, 0.3) is 0 Å². The molecule has 0 aliphatic heterocycles. The summed E-state index contributed by atoms with van der Waals surface area (Å²) in [4.78, 5) is 66.6. The molecule has 5 N–H and O–H groups in total. The van der Waals surface area contributed by atoms with Crippen LogP contribution >= 0.6 is 0 Å². The molecule has 3 amide bonds. The molecule has 1 rings (SSSR count). The average Bonchev–Trinajstić information content (AvgIpc) is 2.82. The number of carbonyl (C=O) groups is 5. The standard InChI is InChI=1S/C25H36N3O8.3CH3.Sn/c1-25(2,3)36-23(34)19(28-24(35)27-18(22(32)33)13-15-21(30)31)11-7-8-16-26-20(29)14-12-17-9-5-4-6-10-17;;;;/h5-6,9-10,18-19H,7-8,11-16H2,1-3H3,(H,26,29)(H,30,31)(H,32,33)(H2,27,28,35);3*1H3;. The summed E-state index contributed by atoms with van der Waals surface area (Å²) in [6.45, 7) is 5.46. The molecule has 2 unspecified atom stereocenters. The number of esters is 1. The number of ether oxygens (including phenoxy) is 1. The molecule has 0 bridgehead atoms. The van der Waals surface area contributed by atoms with E-state index in [1.54, 1.807) is 20.8 Å². The molecule has 1 aromatic rings. The van der Waals surface area contributed by atoms with Gasteiger partial charge in [-0.25, -0.2) is 14.4 Å². The summed E-state index contributed by atoms with van der Waals surface area (Å²) in [5, 5.41) is 25.6. The number of aryl methyl sites for hydroxylation is 1. The number of rotatable bonds is 16. The summed E-state index contributed by atoms with van der Waals surface area (Å²) >= 11 is -2.09. The van der Waals surface area contributed by atoms with Crippen molar-refractivity contribution in [1.29, 1.82) is 0 Å². The first kappa shape index (κ1) is 35.2. The number of hydrogen-bond donors (Lipinski definition) is 5. The molecule has 0 aliphatic carbocycles. The van der Waals surface area contributed by atoms with E-state index in [2.05, 4.69) is 55.0 Å². The Morgan fingerprint density at radius 3 is 2.00 bits per heavy atom. The van der Waals surface area contributed by atoms with Crippen LogP contribution in [0.25, 0.3) is 0 Å². The zero-order valence-corrected chi connectivity index (χ0v) is 27.3. The molecule has 40 heavy (non-hydrogen) atoms. The third-order valence-corrected chi connectivity index (χ3v) is 11.8. The van der Waals surface area contributed by atoms with Crippen LogP contribution in [-0.2, 0) is 30.3 Å². The van der Waals surface area contributed by atoms with Crippen molar-refractivity contribution in [2.24, 2.45) is 0 Å². The number of carbonyl (C=O) groups excluding carboxylic acids is 3. The van der Waals surface area contributed by atoms with E-state index in [1.807, 2.05) is 0 Å². The van der Waals surface area contributed by atoms with Crippen molar-refractivity contribution in [3.8, 4) is 0 Å². The largest absolute Gasteiger partial charge is 0.481 e. The van der Waals surface area contributed by atoms with Crippen LogP contribution in [0.5, 0.6) is 0 Å². The zero-order chi connectivity index (χ0) is 30.5. The summed E-state index contributed by atoms with van der Waals surface area (Å²) in [7, 11) is 0. The summed E-state index contributed by atoms with van der Waals surface area (Å²) < 4.78 is 6.83. The first-order valence-corrected chi connectivity index (χ1v) is 23.6. The summed E-state index contributed by atoms with van der Waals surface area (Å²) in [6, 6.07) is 5.15. The van der Waals surface area contributed by atoms with Crippen molar-refractivity contribution in [1.82, 2.24) is 16.0 Å². The Morgan fingerprint density at radius 1 is 0.875 bits per heavy atom. The second-order valence-corrected chi connectivity index (χ2v) is 26.3. The van der Waals surface area contributed by atoms with Gasteiger partial charge in [0.15, 0.2) is 0 Å². The van der Waals surface area contributed by atoms with Gasteiger partial charge in [0.1, 0.15) is 17.7 Å². The molecule has 0 radical (unpaired) electrons. The number of carboxylic acids is 2. The Labute approximate surface area is 240 Å². The van der Waals surface area contributed by atoms with Crippen LogP contribution in [0, 0.1) is 0 Å². The SMILES string of the molecule is CC(C)(C)OC(=O)C(CCCCNC(=O)CCc1cc[c]([Sn]([CH3])([CH3])[CH3])cc1)NC(=O)NC(CCC(=O)O)C(=O)O. The number of aliphatic carboxylic acids is 2. The predicted molar refractivity (Wildman–Crippen MR) is 154 cm³/mol. The van der Waals surface area contributed by atoms with E-state index in [4.69, 9.17) is 9.84 Å². The predicted octanol–water partition coefficient (Wildman–Crippen LogP) is 2.78. The Morgan fingerprint density at radius 2 is 1.48 bits per heavy atom. The van der Waals surface area contributed by atoms with Crippen LogP contribution in [0.2, 0.25) is 14.8 Å². The van der Waals surface area contributed by atoms with Crippen molar-refractivity contribution in [2.75, 3.05) is 6.54 Å². The number of nitrogens with one attached hydrogen (secondary N) is 3. The Kier molecular flexibility index (Phi) is 14.5. The van der Waals surface area contributed by atoms with E-state index in [-0.39, 0.29) is 18.7 Å². The molecule has 0 saturated heterocycles. The van der Waals surface area contributed by atoms with Gasteiger partial charge < -0.3 is 25.6 Å². The fourth-order valence-electron chi connectivity index (χ4n) is 3.72. The normalized spacial score (nSPS) is 13.1. The van der Waals surface area contributed by atoms with Gasteiger partial charge in [0, 0.05) is 6.42 Å². The second-order valence-electron chi connectivity index (χ2n) is 11.8. The zero-order valence-electron chi connectivity index (χ0n) is 24.5. The van der Waals surface area contributed by atoms with Gasteiger partial charge in [-0.1, -0.05) is 0 Å². The molecule has 224 valence electrons. The molecular formula is C28H45N3O8Sn. The molecule has 0 spiro atoms. The van der Waals surface area contributed by atoms with Crippen LogP contribution < -0.4 is 19.5 Å². The quantitative estimate of drug-likeness (QED) is 0.102. The fraction of sp³-hybridized carbons (Fsp3) is 0.607. The number of carboxylic acid groups (broad SMARTS) is 2. The molecular weight excluding hydrogens is 625 g/mol. The molecule has 2 atom stereocenters. The van der Waals surface area contributed by atoms with E-state index in [1.165, 1.54) is 3.58 Å². The minimum absolute atomic E-state index is 0.0682. The van der Waals surface area contributed by atoms with Crippen LogP contribution in [0.4, 0.5) is 4.79 Å². The van der Waals surface area contributed by atoms with E-state index in [0.29, 0.717) is 32.2 Å². The number of hydrogen-bond acceptors (Lipinski definition) is 6. The van der Waals surface area contributed by atoms with Crippen molar-refractivity contribution in [3.05, 3.63) is 29.8 Å². The molecule has 0 fully saturated rings. The van der Waals surface area contributed by atoms with Gasteiger partial charge in [-0.3, -0.25) is 4.79 Å². The minimum Gasteiger partial charge on any atom is -0.481 e. The third-order valence-electron chi connectivity index (χ3n) is 5.95. The summed E-state index contributed by atoms with van der Waals surface area (Å²) in [6.07, 6.45) is 1.51. The van der Waals surface area contributed by atoms with Crippen LogP contribution in [-0.4, -0.2) is 82.7 Å². The van der Waals surface area contributed by atoms with Crippen LogP contribution in [0.15, 0.2) is 24.3 Å². The van der Waals surface area contributed by atoms with Crippen molar-refractivity contribution in [2.45, 2.75) is 98.2 Å². The Hall–Kier alpha value is -2.83. The number of benzene rings is 1. The fourth-order valence-corrected chi connectivity index (χ4v) is 7.05. The van der Waals surface area contributed by atoms with Gasteiger partial charge >= 0.3 is 145 Å². The molecule has 11 nitrogen and oxygen atoms in total. The van der Waals surface area contributed by atoms with Crippen LogP contribution in [0.1, 0.15) is 64.9 Å². The molecule has 1 aromatic carbocycles. The molecule has 0 aromatic heterocycles. The van der Waals surface area contributed by atoms with Gasteiger partial charge in [-0.15, -0.1) is 0 Å². The van der Waals surface area contributed by atoms with E-state index < -0.39 is 66.4 Å². The van der Waals surface area contributed by atoms with Gasteiger partial charge in [-0.05, 0) is 27.2 Å². The topological polar surface area (TPSA) is 171 Å². The third kappa shape index (κ3) is 15.1. The molecule has 0 heterocycles. The Balaban J connectivity index is 2.55. The monoisotopic (exact) mass is 671 g/mol. The van der Waals surface area contributed by atoms with Crippen LogP contribution in [0.3, 0.4) is 0 Å². The van der Waals surface area contributed by atoms with Crippen molar-refractivity contribution in [3.63, 3.8) is 0 Å². The summed E-state index contributed by atoms with van der Waals surface area (Å²) in [5.74, 6) is -3.32.